The van der Waals surface area contributed by atoms with Crippen LogP contribution in [0.2, 0.25) is 5.02 Å². The zero-order chi connectivity index (χ0) is 16.1. The van der Waals surface area contributed by atoms with Gasteiger partial charge in [-0.05, 0) is 25.1 Å². The molecule has 6 nitrogen and oxygen atoms in total. The molecular formula is C15H13ClO6. The maximum Gasteiger partial charge on any atom is 0.374 e. The van der Waals surface area contributed by atoms with Gasteiger partial charge in [-0.15, -0.1) is 0 Å². The molecule has 0 aliphatic carbocycles. The zero-order valence-corrected chi connectivity index (χ0v) is 12.7. The van der Waals surface area contributed by atoms with E-state index in [1.54, 1.807) is 6.92 Å². The van der Waals surface area contributed by atoms with Gasteiger partial charge in [0.05, 0.1) is 13.7 Å². The summed E-state index contributed by atoms with van der Waals surface area (Å²) in [7, 11) is 1.26. The average molecular weight is 325 g/mol. The molecule has 1 aromatic carbocycles. The van der Waals surface area contributed by atoms with Gasteiger partial charge >= 0.3 is 11.9 Å². The van der Waals surface area contributed by atoms with E-state index in [0.717, 1.165) is 0 Å². The van der Waals surface area contributed by atoms with Gasteiger partial charge in [0.1, 0.15) is 11.3 Å². The molecule has 0 bridgehead atoms. The van der Waals surface area contributed by atoms with Gasteiger partial charge in [0.2, 0.25) is 5.76 Å². The van der Waals surface area contributed by atoms with Gasteiger partial charge in [-0.2, -0.15) is 0 Å². The van der Waals surface area contributed by atoms with Crippen molar-refractivity contribution in [1.82, 2.24) is 0 Å². The van der Waals surface area contributed by atoms with Gasteiger partial charge in [-0.1, -0.05) is 11.6 Å². The monoisotopic (exact) mass is 324 g/mol. The molecule has 1 aromatic heterocycles. The van der Waals surface area contributed by atoms with Gasteiger partial charge in [0.25, 0.3) is 5.95 Å². The second-order valence-corrected chi connectivity index (χ2v) is 4.51. The van der Waals surface area contributed by atoms with E-state index < -0.39 is 11.9 Å². The van der Waals surface area contributed by atoms with Gasteiger partial charge in [-0.3, -0.25) is 0 Å². The summed E-state index contributed by atoms with van der Waals surface area (Å²) in [6.45, 7) is 1.92. The number of esters is 2. The van der Waals surface area contributed by atoms with E-state index in [2.05, 4.69) is 4.74 Å². The largest absolute Gasteiger partial charge is 0.465 e. The van der Waals surface area contributed by atoms with Crippen molar-refractivity contribution in [2.45, 2.75) is 6.92 Å². The molecule has 22 heavy (non-hydrogen) atoms. The van der Waals surface area contributed by atoms with Crippen LogP contribution >= 0.6 is 11.6 Å². The number of hydrogen-bond acceptors (Lipinski definition) is 6. The molecule has 2 rings (SSSR count). The van der Waals surface area contributed by atoms with Crippen LogP contribution in [0.1, 0.15) is 27.8 Å². The van der Waals surface area contributed by atoms with Crippen molar-refractivity contribution in [2.75, 3.05) is 13.7 Å². The molecule has 0 unspecified atom stereocenters. The van der Waals surface area contributed by atoms with Crippen LogP contribution in [0.3, 0.4) is 0 Å². The number of methoxy groups -OCH3 is 1. The summed E-state index contributed by atoms with van der Waals surface area (Å²) in [5.74, 6) is -1.00. The first kappa shape index (κ1) is 15.9. The van der Waals surface area contributed by atoms with Gasteiger partial charge in [0.15, 0.2) is 0 Å². The summed E-state index contributed by atoms with van der Waals surface area (Å²) in [6, 6.07) is 7.30. The lowest BCUT2D eigenvalue weighted by molar-refractivity contribution is 0.0483. The summed E-state index contributed by atoms with van der Waals surface area (Å²) in [5, 5.41) is 0.375. The first-order valence-corrected chi connectivity index (χ1v) is 6.75. The lowest BCUT2D eigenvalue weighted by Crippen LogP contribution is -2.03. The van der Waals surface area contributed by atoms with E-state index in [-0.39, 0.29) is 29.6 Å². The highest BCUT2D eigenvalue weighted by Crippen LogP contribution is 2.30. The second-order valence-electron chi connectivity index (χ2n) is 4.07. The minimum Gasteiger partial charge on any atom is -0.465 e. The highest BCUT2D eigenvalue weighted by molar-refractivity contribution is 6.30. The number of rotatable bonds is 5. The molecule has 1 heterocycles. The third-order valence-corrected chi connectivity index (χ3v) is 2.85. The Morgan fingerprint density at radius 1 is 1.18 bits per heavy atom. The van der Waals surface area contributed by atoms with Crippen LogP contribution < -0.4 is 4.74 Å². The first-order chi connectivity index (χ1) is 10.5. The average Bonchev–Trinajstić information content (AvgIpc) is 2.95. The summed E-state index contributed by atoms with van der Waals surface area (Å²) >= 11 is 5.89. The van der Waals surface area contributed by atoms with Gasteiger partial charge in [-0.25, -0.2) is 9.59 Å². The van der Waals surface area contributed by atoms with Crippen LogP contribution in [-0.2, 0) is 9.47 Å². The fourth-order valence-corrected chi connectivity index (χ4v) is 1.82. The maximum atomic E-state index is 11.7. The van der Waals surface area contributed by atoms with Crippen molar-refractivity contribution in [3.63, 3.8) is 0 Å². The van der Waals surface area contributed by atoms with Crippen molar-refractivity contribution < 1.29 is 28.2 Å². The van der Waals surface area contributed by atoms with Crippen LogP contribution in [0.15, 0.2) is 34.7 Å². The molecule has 116 valence electrons. The zero-order valence-electron chi connectivity index (χ0n) is 11.9. The lowest BCUT2D eigenvalue weighted by Gasteiger charge is -2.08. The molecule has 0 N–H and O–H groups in total. The molecule has 0 radical (unpaired) electrons. The second kappa shape index (κ2) is 7.00. The molecular weight excluding hydrogens is 312 g/mol. The fraction of sp³-hybridized carbons (Fsp3) is 0.200. The SMILES string of the molecule is CCOC(=O)c1ccc(Oc2cc(Cl)ccc2C(=O)OC)o1. The Morgan fingerprint density at radius 2 is 1.95 bits per heavy atom. The van der Waals surface area contributed by atoms with Crippen LogP contribution in [0.4, 0.5) is 0 Å². The molecule has 0 saturated carbocycles. The number of halogens is 1. The Hall–Kier alpha value is -2.47. The predicted octanol–water partition coefficient (Wildman–Crippen LogP) is 3.69. The minimum atomic E-state index is -0.600. The van der Waals surface area contributed by atoms with Crippen molar-refractivity contribution in [2.24, 2.45) is 0 Å². The molecule has 0 atom stereocenters. The van der Waals surface area contributed by atoms with Crippen molar-refractivity contribution in [1.29, 1.82) is 0 Å². The maximum absolute atomic E-state index is 11.7. The molecule has 0 aliphatic heterocycles. The molecule has 0 spiro atoms. The van der Waals surface area contributed by atoms with E-state index >= 15 is 0 Å². The molecule has 0 aliphatic rings. The van der Waals surface area contributed by atoms with Crippen molar-refractivity contribution >= 4 is 23.5 Å². The number of furan rings is 1. The summed E-state index contributed by atoms with van der Waals surface area (Å²) in [4.78, 5) is 23.2. The van der Waals surface area contributed by atoms with Crippen LogP contribution in [-0.4, -0.2) is 25.7 Å². The Bertz CT molecular complexity index is 691. The Balaban J connectivity index is 2.25. The van der Waals surface area contributed by atoms with Crippen molar-refractivity contribution in [3.05, 3.63) is 46.7 Å². The smallest absolute Gasteiger partial charge is 0.374 e. The molecule has 2 aromatic rings. The van der Waals surface area contributed by atoms with Gasteiger partial charge in [0, 0.05) is 17.2 Å². The predicted molar refractivity (Wildman–Crippen MR) is 77.5 cm³/mol. The number of benzene rings is 1. The summed E-state index contributed by atoms with van der Waals surface area (Å²) in [6.07, 6.45) is 0. The van der Waals surface area contributed by atoms with Crippen LogP contribution in [0.25, 0.3) is 0 Å². The van der Waals surface area contributed by atoms with E-state index in [1.165, 1.54) is 37.4 Å². The number of carbonyl (C=O) groups is 2. The molecule has 0 saturated heterocycles. The standard InChI is InChI=1S/C15H13ClO6/c1-3-20-15(18)11-6-7-13(21-11)22-12-8-9(16)4-5-10(12)14(17)19-2/h4-8H,3H2,1-2H3. The highest BCUT2D eigenvalue weighted by Gasteiger charge is 2.17. The van der Waals surface area contributed by atoms with E-state index in [4.69, 9.17) is 25.5 Å². The minimum absolute atomic E-state index is 0.00139. The molecule has 0 amide bonds. The quantitative estimate of drug-likeness (QED) is 0.781. The van der Waals surface area contributed by atoms with E-state index in [9.17, 15) is 9.59 Å². The molecule has 7 heteroatoms. The Labute approximate surface area is 131 Å². The summed E-state index contributed by atoms with van der Waals surface area (Å²) < 4.78 is 20.2. The normalized spacial score (nSPS) is 10.1. The van der Waals surface area contributed by atoms with Crippen molar-refractivity contribution in [3.8, 4) is 11.7 Å². The fourth-order valence-electron chi connectivity index (χ4n) is 1.65. The third-order valence-electron chi connectivity index (χ3n) is 2.62. The van der Waals surface area contributed by atoms with E-state index in [1.807, 2.05) is 0 Å². The first-order valence-electron chi connectivity index (χ1n) is 6.37. The number of ether oxygens (including phenoxy) is 3. The Kier molecular flexibility index (Phi) is 5.06. The third kappa shape index (κ3) is 3.59. The molecule has 0 fully saturated rings. The number of hydrogen-bond donors (Lipinski definition) is 0. The Morgan fingerprint density at radius 3 is 2.64 bits per heavy atom. The van der Waals surface area contributed by atoms with Crippen LogP contribution in [0.5, 0.6) is 11.7 Å². The summed E-state index contributed by atoms with van der Waals surface area (Å²) in [5.41, 5.74) is 0.181. The topological polar surface area (TPSA) is 75.0 Å². The number of carbonyl (C=O) groups excluding carboxylic acids is 2. The van der Waals surface area contributed by atoms with Crippen LogP contribution in [0, 0.1) is 0 Å². The van der Waals surface area contributed by atoms with E-state index in [0.29, 0.717) is 5.02 Å². The highest BCUT2D eigenvalue weighted by atomic mass is 35.5. The lowest BCUT2D eigenvalue weighted by atomic mass is 10.2. The van der Waals surface area contributed by atoms with Gasteiger partial charge < -0.3 is 18.6 Å².